The van der Waals surface area contributed by atoms with Gasteiger partial charge in [0.2, 0.25) is 5.76 Å². The molecular weight excluding hydrogens is 344 g/mol. The molecule has 4 aromatic rings. The zero-order valence-electron chi connectivity index (χ0n) is 14.6. The average Bonchev–Trinajstić information content (AvgIpc) is 3.17. The number of ether oxygens (including phenoxy) is 1. The summed E-state index contributed by atoms with van der Waals surface area (Å²) < 4.78 is 11.4. The van der Waals surface area contributed by atoms with Crippen LogP contribution in [0.25, 0.3) is 22.0 Å². The van der Waals surface area contributed by atoms with Gasteiger partial charge in [0.15, 0.2) is 0 Å². The fraction of sp³-hybridized carbons (Fsp3) is 0.0952. The number of nitrogens with zero attached hydrogens (tertiary/aromatic N) is 2. The van der Waals surface area contributed by atoms with Crippen molar-refractivity contribution in [3.63, 3.8) is 0 Å². The number of benzene rings is 2. The van der Waals surface area contributed by atoms with Crippen molar-refractivity contribution in [2.75, 3.05) is 7.11 Å². The second-order valence-corrected chi connectivity index (χ2v) is 6.00. The lowest BCUT2D eigenvalue weighted by Crippen LogP contribution is -2.22. The number of rotatable bonds is 4. The number of esters is 1. The highest BCUT2D eigenvalue weighted by Crippen LogP contribution is 2.26. The largest absolute Gasteiger partial charge is 0.463 e. The number of carbonyl (C=O) groups excluding carboxylic acids is 1. The van der Waals surface area contributed by atoms with Gasteiger partial charge in [0, 0.05) is 11.6 Å². The molecule has 0 atom stereocenters. The van der Waals surface area contributed by atoms with Gasteiger partial charge in [-0.3, -0.25) is 4.79 Å². The second-order valence-electron chi connectivity index (χ2n) is 6.00. The number of carbonyl (C=O) groups is 1. The van der Waals surface area contributed by atoms with E-state index in [2.05, 4.69) is 9.84 Å². The normalized spacial score (nSPS) is 10.9. The van der Waals surface area contributed by atoms with Crippen LogP contribution >= 0.6 is 0 Å². The summed E-state index contributed by atoms with van der Waals surface area (Å²) in [4.78, 5) is 23.7. The molecule has 0 aliphatic heterocycles. The number of aromatic nitrogens is 2. The number of furan rings is 1. The molecule has 4 rings (SSSR count). The molecule has 0 radical (unpaired) electrons. The van der Waals surface area contributed by atoms with E-state index in [0.717, 1.165) is 16.3 Å². The summed E-state index contributed by atoms with van der Waals surface area (Å²) >= 11 is 0. The molecule has 0 saturated heterocycles. The molecule has 0 bridgehead atoms. The van der Waals surface area contributed by atoms with Crippen LogP contribution in [-0.4, -0.2) is 22.9 Å². The maximum absolute atomic E-state index is 12.2. The predicted molar refractivity (Wildman–Crippen MR) is 101 cm³/mol. The molecule has 0 fully saturated rings. The maximum atomic E-state index is 12.2. The van der Waals surface area contributed by atoms with E-state index >= 15 is 0 Å². The maximum Gasteiger partial charge on any atom is 0.373 e. The van der Waals surface area contributed by atoms with Crippen LogP contribution in [0.15, 0.2) is 75.9 Å². The highest BCUT2D eigenvalue weighted by Gasteiger charge is 2.13. The zero-order valence-corrected chi connectivity index (χ0v) is 14.6. The van der Waals surface area contributed by atoms with Crippen LogP contribution in [-0.2, 0) is 11.3 Å². The van der Waals surface area contributed by atoms with Crippen LogP contribution in [0.1, 0.15) is 16.3 Å². The number of methoxy groups -OCH3 is 1. The summed E-state index contributed by atoms with van der Waals surface area (Å²) in [5.74, 6) is -0.0307. The molecule has 6 heteroatoms. The van der Waals surface area contributed by atoms with Gasteiger partial charge in [-0.05, 0) is 29.0 Å². The van der Waals surface area contributed by atoms with Gasteiger partial charge >= 0.3 is 5.97 Å². The molecule has 2 aromatic carbocycles. The van der Waals surface area contributed by atoms with Crippen LogP contribution in [0, 0.1) is 0 Å². The average molecular weight is 360 g/mol. The quantitative estimate of drug-likeness (QED) is 0.521. The molecule has 0 N–H and O–H groups in total. The third-order valence-corrected chi connectivity index (χ3v) is 4.29. The van der Waals surface area contributed by atoms with Gasteiger partial charge in [-0.15, -0.1) is 0 Å². The Labute approximate surface area is 154 Å². The van der Waals surface area contributed by atoms with Crippen LogP contribution < -0.4 is 5.56 Å². The highest BCUT2D eigenvalue weighted by atomic mass is 16.5. The van der Waals surface area contributed by atoms with Crippen molar-refractivity contribution in [1.82, 2.24) is 9.78 Å². The van der Waals surface area contributed by atoms with Gasteiger partial charge in [0.1, 0.15) is 12.3 Å². The van der Waals surface area contributed by atoms with Gasteiger partial charge in [-0.25, -0.2) is 9.48 Å². The molecular formula is C21H16N2O4. The first-order valence-corrected chi connectivity index (χ1v) is 8.39. The third-order valence-electron chi connectivity index (χ3n) is 4.29. The Bertz CT molecular complexity index is 1180. The van der Waals surface area contributed by atoms with Gasteiger partial charge in [-0.1, -0.05) is 42.5 Å². The number of hydrogen-bond donors (Lipinski definition) is 0. The number of hydrogen-bond acceptors (Lipinski definition) is 5. The lowest BCUT2D eigenvalue weighted by Gasteiger charge is -2.08. The topological polar surface area (TPSA) is 74.3 Å². The fourth-order valence-electron chi connectivity index (χ4n) is 2.98. The summed E-state index contributed by atoms with van der Waals surface area (Å²) in [5.41, 5.74) is 1.37. The van der Waals surface area contributed by atoms with Crippen LogP contribution in [0.3, 0.4) is 0 Å². The molecule has 0 unspecified atom stereocenters. The Morgan fingerprint density at radius 3 is 2.70 bits per heavy atom. The molecule has 0 spiro atoms. The van der Waals surface area contributed by atoms with Crippen LogP contribution in [0.4, 0.5) is 0 Å². The van der Waals surface area contributed by atoms with Gasteiger partial charge in [0.05, 0.1) is 12.8 Å². The fourth-order valence-corrected chi connectivity index (χ4v) is 2.98. The minimum atomic E-state index is -0.564. The van der Waals surface area contributed by atoms with Crippen LogP contribution in [0.5, 0.6) is 0 Å². The summed E-state index contributed by atoms with van der Waals surface area (Å²) in [6, 6.07) is 20.3. The van der Waals surface area contributed by atoms with E-state index in [1.54, 1.807) is 12.1 Å². The van der Waals surface area contributed by atoms with Crippen molar-refractivity contribution >= 4 is 16.7 Å². The first-order chi connectivity index (χ1) is 13.2. The molecule has 2 aromatic heterocycles. The van der Waals surface area contributed by atoms with E-state index in [0.29, 0.717) is 11.5 Å². The molecule has 0 saturated carbocycles. The van der Waals surface area contributed by atoms with Crippen molar-refractivity contribution in [3.8, 4) is 11.3 Å². The Morgan fingerprint density at radius 1 is 1.04 bits per heavy atom. The monoisotopic (exact) mass is 360 g/mol. The molecule has 6 nitrogen and oxygen atoms in total. The Balaban J connectivity index is 1.72. The lowest BCUT2D eigenvalue weighted by molar-refractivity contribution is 0.0562. The second kappa shape index (κ2) is 6.92. The van der Waals surface area contributed by atoms with Crippen molar-refractivity contribution in [2.45, 2.75) is 6.54 Å². The van der Waals surface area contributed by atoms with Gasteiger partial charge in [0.25, 0.3) is 5.56 Å². The Kier molecular flexibility index (Phi) is 4.30. The minimum Gasteiger partial charge on any atom is -0.463 e. The first kappa shape index (κ1) is 16.8. The third kappa shape index (κ3) is 3.25. The molecule has 27 heavy (non-hydrogen) atoms. The van der Waals surface area contributed by atoms with E-state index in [1.165, 1.54) is 23.9 Å². The zero-order chi connectivity index (χ0) is 18.8. The van der Waals surface area contributed by atoms with E-state index in [-0.39, 0.29) is 17.9 Å². The van der Waals surface area contributed by atoms with E-state index < -0.39 is 5.97 Å². The smallest absolute Gasteiger partial charge is 0.373 e. The minimum absolute atomic E-state index is 0.0887. The molecule has 134 valence electrons. The van der Waals surface area contributed by atoms with E-state index in [9.17, 15) is 9.59 Å². The standard InChI is InChI=1S/C21H16N2O4/c1-26-21(25)19-11-9-15(27-19)13-23-20(24)12-10-18(22-23)17-8-4-6-14-5-2-3-7-16(14)17/h2-12H,13H2,1H3. The van der Waals surface area contributed by atoms with E-state index in [4.69, 9.17) is 4.42 Å². The predicted octanol–water partition coefficient (Wildman–Crippen LogP) is 3.49. The Hall–Kier alpha value is -3.67. The first-order valence-electron chi connectivity index (χ1n) is 8.39. The van der Waals surface area contributed by atoms with Crippen LogP contribution in [0.2, 0.25) is 0 Å². The molecule has 0 aliphatic carbocycles. The van der Waals surface area contributed by atoms with Gasteiger partial charge in [-0.2, -0.15) is 5.10 Å². The number of fused-ring (bicyclic) bond motifs is 1. The summed E-state index contributed by atoms with van der Waals surface area (Å²) in [5, 5.41) is 6.65. The molecule has 0 amide bonds. The Morgan fingerprint density at radius 2 is 1.85 bits per heavy atom. The van der Waals surface area contributed by atoms with Crippen molar-refractivity contribution in [3.05, 3.63) is 88.6 Å². The lowest BCUT2D eigenvalue weighted by atomic mass is 10.0. The van der Waals surface area contributed by atoms with Crippen molar-refractivity contribution < 1.29 is 13.9 Å². The van der Waals surface area contributed by atoms with Crippen molar-refractivity contribution in [2.24, 2.45) is 0 Å². The molecule has 2 heterocycles. The summed E-state index contributed by atoms with van der Waals surface area (Å²) in [6.45, 7) is 0.119. The molecule has 0 aliphatic rings. The highest BCUT2D eigenvalue weighted by molar-refractivity contribution is 5.95. The van der Waals surface area contributed by atoms with E-state index in [1.807, 2.05) is 42.5 Å². The SMILES string of the molecule is COC(=O)c1ccc(Cn2nc(-c3cccc4ccccc34)ccc2=O)o1. The van der Waals surface area contributed by atoms with Gasteiger partial charge < -0.3 is 9.15 Å². The summed E-state index contributed by atoms with van der Waals surface area (Å²) in [6.07, 6.45) is 0. The summed E-state index contributed by atoms with van der Waals surface area (Å²) in [7, 11) is 1.28. The van der Waals surface area contributed by atoms with Crippen molar-refractivity contribution in [1.29, 1.82) is 0 Å².